The van der Waals surface area contributed by atoms with Crippen molar-refractivity contribution in [1.29, 1.82) is 0 Å². The van der Waals surface area contributed by atoms with E-state index in [9.17, 15) is 35.4 Å². The van der Waals surface area contributed by atoms with Gasteiger partial charge < -0.3 is 35.4 Å². The monoisotopic (exact) mass is 359 g/mol. The number of hydrogen-bond donors (Lipinski definition) is 6. The zero-order valence-electron chi connectivity index (χ0n) is 11.9. The summed E-state index contributed by atoms with van der Waals surface area (Å²) in [5.41, 5.74) is -5.40. The topological polar surface area (TPSA) is 160 Å². The van der Waals surface area contributed by atoms with Crippen molar-refractivity contribution < 1.29 is 40.2 Å². The van der Waals surface area contributed by atoms with E-state index in [2.05, 4.69) is 9.73 Å². The van der Waals surface area contributed by atoms with Crippen LogP contribution in [0.1, 0.15) is 5.56 Å². The van der Waals surface area contributed by atoms with E-state index in [1.807, 2.05) is 0 Å². The zero-order chi connectivity index (χ0) is 17.9. The van der Waals surface area contributed by atoms with E-state index < -0.39 is 40.7 Å². The molecule has 0 radical (unpaired) electrons. The van der Waals surface area contributed by atoms with Crippen molar-refractivity contribution in [2.75, 3.05) is 0 Å². The van der Waals surface area contributed by atoms with Crippen molar-refractivity contribution >= 4 is 29.5 Å². The minimum Gasteiger partial charge on any atom is -0.479 e. The molecular formula is C14H14ClNO8. The Kier molecular flexibility index (Phi) is 3.74. The molecular weight excluding hydrogens is 346 g/mol. The largest absolute Gasteiger partial charge is 0.479 e. The summed E-state index contributed by atoms with van der Waals surface area (Å²) >= 11 is 5.62. The molecule has 0 spiro atoms. The van der Waals surface area contributed by atoms with Gasteiger partial charge in [0.15, 0.2) is 17.3 Å². The molecule has 6 N–H and O–H groups in total. The number of rotatable bonds is 2. The molecule has 9 nitrogen and oxygen atoms in total. The average Bonchev–Trinajstić information content (AvgIpc) is 2.88. The molecule has 0 aromatic heterocycles. The van der Waals surface area contributed by atoms with Crippen LogP contribution in [0.25, 0.3) is 0 Å². The van der Waals surface area contributed by atoms with Crippen LogP contribution in [-0.4, -0.2) is 72.0 Å². The predicted octanol–water partition coefficient (Wildman–Crippen LogP) is -1.59. The minimum atomic E-state index is -3.05. The Morgan fingerprint density at radius 1 is 1.21 bits per heavy atom. The first-order valence-electron chi connectivity index (χ1n) is 6.82. The minimum absolute atomic E-state index is 0.0229. The Bertz CT molecular complexity index is 724. The second-order valence-corrected chi connectivity index (χ2v) is 6.31. The van der Waals surface area contributed by atoms with Crippen molar-refractivity contribution in [3.05, 3.63) is 29.8 Å². The van der Waals surface area contributed by atoms with Gasteiger partial charge in [-0.25, -0.2) is 4.79 Å². The maximum atomic E-state index is 11.5. The fourth-order valence-electron chi connectivity index (χ4n) is 3.03. The van der Waals surface area contributed by atoms with Gasteiger partial charge in [-0.2, -0.15) is 0 Å². The number of fused-ring (bicyclic) bond motifs is 1. The number of aliphatic hydroxyl groups is 5. The summed E-state index contributed by atoms with van der Waals surface area (Å²) in [6.07, 6.45) is -6.32. The number of halogens is 1. The molecule has 0 saturated carbocycles. The van der Waals surface area contributed by atoms with Crippen molar-refractivity contribution in [2.24, 2.45) is 4.99 Å². The Hall–Kier alpha value is -1.59. The van der Waals surface area contributed by atoms with E-state index in [1.54, 1.807) is 6.07 Å². The lowest BCUT2D eigenvalue weighted by Crippen LogP contribution is -2.78. The fourth-order valence-corrected chi connectivity index (χ4v) is 3.25. The number of aliphatic carboxylic acids is 1. The molecule has 0 bridgehead atoms. The summed E-state index contributed by atoms with van der Waals surface area (Å²) in [5, 5.41) is 58.3. The molecule has 1 unspecified atom stereocenters. The normalized spacial score (nSPS) is 44.3. The van der Waals surface area contributed by atoms with Gasteiger partial charge in [0.25, 0.3) is 0 Å². The fraction of sp³-hybridized carbons (Fsp3) is 0.429. The van der Waals surface area contributed by atoms with Gasteiger partial charge in [0.05, 0.1) is 5.69 Å². The third-order valence-corrected chi connectivity index (χ3v) is 4.74. The van der Waals surface area contributed by atoms with Gasteiger partial charge in [-0.05, 0) is 6.07 Å². The molecule has 10 heteroatoms. The Balaban J connectivity index is 2.22. The van der Waals surface area contributed by atoms with Gasteiger partial charge in [0, 0.05) is 11.8 Å². The zero-order valence-corrected chi connectivity index (χ0v) is 12.7. The summed E-state index contributed by atoms with van der Waals surface area (Å²) in [7, 11) is 0. The van der Waals surface area contributed by atoms with Gasteiger partial charge in [-0.3, -0.25) is 4.99 Å². The number of alkyl halides is 1. The Morgan fingerprint density at radius 3 is 2.46 bits per heavy atom. The second kappa shape index (κ2) is 5.20. The van der Waals surface area contributed by atoms with Crippen LogP contribution in [0.4, 0.5) is 5.69 Å². The van der Waals surface area contributed by atoms with Crippen LogP contribution in [0, 0.1) is 0 Å². The SMILES string of the molecule is O=C(O)[C@H]1O[C@@H](O)[C@@](O)(Cl)[C@@H](O)[C@@]1(O)C1(O)C=Nc2ccccc21. The van der Waals surface area contributed by atoms with Crippen molar-refractivity contribution in [3.63, 3.8) is 0 Å². The van der Waals surface area contributed by atoms with Crippen LogP contribution >= 0.6 is 11.6 Å². The number of aliphatic imine (C=N–C) groups is 1. The highest BCUT2D eigenvalue weighted by Crippen LogP contribution is 2.50. The number of nitrogens with zero attached hydrogens (tertiary/aromatic N) is 1. The lowest BCUT2D eigenvalue weighted by molar-refractivity contribution is -0.350. The number of carbonyl (C=O) groups is 1. The highest BCUT2D eigenvalue weighted by Gasteiger charge is 2.72. The molecule has 2 aliphatic rings. The highest BCUT2D eigenvalue weighted by molar-refractivity contribution is 6.23. The molecule has 2 aliphatic heterocycles. The van der Waals surface area contributed by atoms with Crippen LogP contribution < -0.4 is 0 Å². The lowest BCUT2D eigenvalue weighted by Gasteiger charge is -2.53. The molecule has 2 heterocycles. The van der Waals surface area contributed by atoms with Crippen LogP contribution in [-0.2, 0) is 15.1 Å². The first-order valence-corrected chi connectivity index (χ1v) is 7.19. The van der Waals surface area contributed by atoms with Crippen LogP contribution in [0.3, 0.4) is 0 Å². The molecule has 24 heavy (non-hydrogen) atoms. The molecule has 130 valence electrons. The lowest BCUT2D eigenvalue weighted by atomic mass is 9.69. The van der Waals surface area contributed by atoms with Gasteiger partial charge in [-0.1, -0.05) is 29.8 Å². The van der Waals surface area contributed by atoms with E-state index in [4.69, 9.17) is 11.6 Å². The number of carboxylic acids is 1. The number of carboxylic acid groups (broad SMARTS) is 1. The van der Waals surface area contributed by atoms with Crippen molar-refractivity contribution in [2.45, 2.75) is 34.8 Å². The molecule has 0 aliphatic carbocycles. The summed E-state index contributed by atoms with van der Waals surface area (Å²) in [6.45, 7) is 0. The van der Waals surface area contributed by atoms with Crippen LogP contribution in [0.2, 0.25) is 0 Å². The highest BCUT2D eigenvalue weighted by atomic mass is 35.5. The third-order valence-electron chi connectivity index (χ3n) is 4.35. The predicted molar refractivity (Wildman–Crippen MR) is 78.8 cm³/mol. The van der Waals surface area contributed by atoms with E-state index in [0.717, 1.165) is 6.21 Å². The van der Waals surface area contributed by atoms with E-state index in [1.165, 1.54) is 18.2 Å². The Labute approximate surface area is 140 Å². The van der Waals surface area contributed by atoms with Crippen LogP contribution in [0.15, 0.2) is 29.3 Å². The van der Waals surface area contributed by atoms with Crippen LogP contribution in [0.5, 0.6) is 0 Å². The first kappa shape index (κ1) is 17.2. The molecule has 3 rings (SSSR count). The van der Waals surface area contributed by atoms with E-state index in [-0.39, 0.29) is 11.3 Å². The molecule has 1 saturated heterocycles. The maximum absolute atomic E-state index is 11.5. The van der Waals surface area contributed by atoms with E-state index >= 15 is 0 Å². The number of hydrogen-bond acceptors (Lipinski definition) is 8. The molecule has 1 aromatic carbocycles. The van der Waals surface area contributed by atoms with Crippen molar-refractivity contribution in [1.82, 2.24) is 0 Å². The molecule has 0 amide bonds. The third kappa shape index (κ3) is 1.97. The van der Waals surface area contributed by atoms with Gasteiger partial charge in [-0.15, -0.1) is 0 Å². The maximum Gasteiger partial charge on any atom is 0.336 e. The van der Waals surface area contributed by atoms with Gasteiger partial charge >= 0.3 is 5.97 Å². The summed E-state index contributed by atoms with van der Waals surface area (Å²) < 4.78 is 4.68. The molecule has 1 aromatic rings. The number of ether oxygens (including phenoxy) is 1. The summed E-state index contributed by atoms with van der Waals surface area (Å²) in [5.74, 6) is -1.80. The number of para-hydroxylation sites is 1. The summed E-state index contributed by atoms with van der Waals surface area (Å²) in [4.78, 5) is 15.4. The first-order chi connectivity index (χ1) is 11.1. The smallest absolute Gasteiger partial charge is 0.336 e. The molecule has 6 atom stereocenters. The molecule has 1 fully saturated rings. The van der Waals surface area contributed by atoms with Gasteiger partial charge in [0.2, 0.25) is 11.4 Å². The van der Waals surface area contributed by atoms with Gasteiger partial charge in [0.1, 0.15) is 6.10 Å². The second-order valence-electron chi connectivity index (χ2n) is 5.70. The number of aliphatic hydroxyl groups excluding tert-OH is 2. The standard InChI is InChI=1S/C14H14ClNO8/c15-14(23)10(19)13(22,8(9(17)18)24-11(14)20)12(21)5-16-7-4-2-1-3-6(7)12/h1-5,8,10-11,19-23H,(H,17,18)/t8-,10+,11-,12?,13-,14-/m1/s1. The average molecular weight is 360 g/mol. The Morgan fingerprint density at radius 2 is 1.83 bits per heavy atom. The quantitative estimate of drug-likeness (QED) is 0.345. The number of benzene rings is 1. The van der Waals surface area contributed by atoms with E-state index in [0.29, 0.717) is 0 Å². The summed E-state index contributed by atoms with van der Waals surface area (Å²) in [6, 6.07) is 5.93. The van der Waals surface area contributed by atoms with Crippen molar-refractivity contribution in [3.8, 4) is 0 Å².